The zero-order valence-corrected chi connectivity index (χ0v) is 14.5. The summed E-state index contributed by atoms with van der Waals surface area (Å²) in [4.78, 5) is 13.9. The molecule has 0 aliphatic carbocycles. The van der Waals surface area contributed by atoms with E-state index >= 15 is 0 Å². The molecule has 9 heteroatoms. The molecule has 0 radical (unpaired) electrons. The van der Waals surface area contributed by atoms with Crippen molar-refractivity contribution in [2.45, 2.75) is 0 Å². The lowest BCUT2D eigenvalue weighted by Crippen LogP contribution is -2.50. The second kappa shape index (κ2) is 7.96. The van der Waals surface area contributed by atoms with Gasteiger partial charge in [0.15, 0.2) is 0 Å². The fourth-order valence-electron chi connectivity index (χ4n) is 2.35. The number of nitrogens with zero attached hydrogens (tertiary/aromatic N) is 2. The lowest BCUT2D eigenvalue weighted by atomic mass is 10.3. The van der Waals surface area contributed by atoms with Crippen molar-refractivity contribution in [1.82, 2.24) is 14.5 Å². The first-order chi connectivity index (χ1) is 10.8. The highest BCUT2D eigenvalue weighted by molar-refractivity contribution is 7.88. The summed E-state index contributed by atoms with van der Waals surface area (Å²) in [6.45, 7) is 3.50. The molecule has 1 saturated heterocycles. The van der Waals surface area contributed by atoms with Gasteiger partial charge in [0, 0.05) is 50.0 Å². The predicted octanol–water partition coefficient (Wildman–Crippen LogP) is 1.04. The van der Waals surface area contributed by atoms with Crippen LogP contribution >= 0.6 is 11.6 Å². The second-order valence-corrected chi connectivity index (χ2v) is 7.81. The highest BCUT2D eigenvalue weighted by Crippen LogP contribution is 2.14. The molecule has 2 rings (SSSR count). The molecule has 7 nitrogen and oxygen atoms in total. The van der Waals surface area contributed by atoms with Crippen molar-refractivity contribution in [2.24, 2.45) is 0 Å². The smallest absolute Gasteiger partial charge is 0.319 e. The number of nitrogens with one attached hydrogen (secondary N) is 2. The van der Waals surface area contributed by atoms with Crippen molar-refractivity contribution in [2.75, 3.05) is 50.8 Å². The number of hydrogen-bond donors (Lipinski definition) is 2. The van der Waals surface area contributed by atoms with E-state index in [1.54, 1.807) is 24.3 Å². The predicted molar refractivity (Wildman–Crippen MR) is 91.3 cm³/mol. The Morgan fingerprint density at radius 2 is 1.96 bits per heavy atom. The van der Waals surface area contributed by atoms with E-state index in [1.165, 1.54) is 10.6 Å². The summed E-state index contributed by atoms with van der Waals surface area (Å²) < 4.78 is 24.3. The second-order valence-electron chi connectivity index (χ2n) is 5.39. The Hall–Kier alpha value is -1.35. The van der Waals surface area contributed by atoms with Crippen molar-refractivity contribution < 1.29 is 13.2 Å². The zero-order chi connectivity index (χ0) is 16.9. The van der Waals surface area contributed by atoms with E-state index in [1.807, 2.05) is 0 Å². The summed E-state index contributed by atoms with van der Waals surface area (Å²) in [6, 6.07) is 6.64. The molecule has 128 valence electrons. The standard InChI is InChI=1S/C14H21ClN4O3S/c1-23(21,22)19-9-7-18(8-10-19)6-5-16-14(20)17-13-4-2-3-12(15)11-13/h2-4,11H,5-10H2,1H3,(H2,16,17,20). The first kappa shape index (κ1) is 18.0. The molecule has 1 aliphatic heterocycles. The number of benzene rings is 1. The molecule has 0 saturated carbocycles. The number of amides is 2. The zero-order valence-electron chi connectivity index (χ0n) is 13.0. The fourth-order valence-corrected chi connectivity index (χ4v) is 3.37. The van der Waals surface area contributed by atoms with Crippen molar-refractivity contribution in [3.8, 4) is 0 Å². The van der Waals surface area contributed by atoms with Gasteiger partial charge in [-0.1, -0.05) is 17.7 Å². The Bertz CT molecular complexity index is 645. The van der Waals surface area contributed by atoms with E-state index in [-0.39, 0.29) is 6.03 Å². The summed E-state index contributed by atoms with van der Waals surface area (Å²) >= 11 is 5.85. The lowest BCUT2D eigenvalue weighted by Gasteiger charge is -2.33. The van der Waals surface area contributed by atoms with Gasteiger partial charge in [-0.2, -0.15) is 4.31 Å². The van der Waals surface area contributed by atoms with Crippen LogP contribution in [0.25, 0.3) is 0 Å². The molecular weight excluding hydrogens is 340 g/mol. The molecule has 1 fully saturated rings. The molecule has 0 unspecified atom stereocenters. The molecule has 0 spiro atoms. The highest BCUT2D eigenvalue weighted by Gasteiger charge is 2.22. The van der Waals surface area contributed by atoms with Gasteiger partial charge in [0.1, 0.15) is 0 Å². The van der Waals surface area contributed by atoms with Crippen LogP contribution in [0.5, 0.6) is 0 Å². The third-order valence-corrected chi connectivity index (χ3v) is 5.13. The third kappa shape index (κ3) is 5.98. The molecule has 0 aromatic heterocycles. The maximum absolute atomic E-state index is 11.8. The van der Waals surface area contributed by atoms with E-state index in [4.69, 9.17) is 11.6 Å². The number of halogens is 1. The van der Waals surface area contributed by atoms with Gasteiger partial charge in [-0.05, 0) is 18.2 Å². The maximum atomic E-state index is 11.8. The Morgan fingerprint density at radius 3 is 2.57 bits per heavy atom. The molecule has 1 heterocycles. The van der Waals surface area contributed by atoms with Crippen LogP contribution in [0.1, 0.15) is 0 Å². The SMILES string of the molecule is CS(=O)(=O)N1CCN(CCNC(=O)Nc2cccc(Cl)c2)CC1. The number of sulfonamides is 1. The van der Waals surface area contributed by atoms with Gasteiger partial charge in [0.25, 0.3) is 0 Å². The van der Waals surface area contributed by atoms with E-state index in [2.05, 4.69) is 15.5 Å². The molecule has 2 N–H and O–H groups in total. The number of rotatable bonds is 5. The summed E-state index contributed by atoms with van der Waals surface area (Å²) in [7, 11) is -3.11. The van der Waals surface area contributed by atoms with Crippen molar-refractivity contribution >= 4 is 33.3 Å². The van der Waals surface area contributed by atoms with E-state index < -0.39 is 10.0 Å². The average Bonchev–Trinajstić information content (AvgIpc) is 2.47. The quantitative estimate of drug-likeness (QED) is 0.822. The lowest BCUT2D eigenvalue weighted by molar-refractivity contribution is 0.189. The maximum Gasteiger partial charge on any atom is 0.319 e. The van der Waals surface area contributed by atoms with Gasteiger partial charge in [-0.15, -0.1) is 0 Å². The molecule has 0 atom stereocenters. The minimum atomic E-state index is -3.11. The summed E-state index contributed by atoms with van der Waals surface area (Å²) in [6.07, 6.45) is 1.23. The topological polar surface area (TPSA) is 81.8 Å². The first-order valence-electron chi connectivity index (χ1n) is 7.32. The number of hydrogen-bond acceptors (Lipinski definition) is 4. The van der Waals surface area contributed by atoms with Crippen LogP contribution in [-0.2, 0) is 10.0 Å². The van der Waals surface area contributed by atoms with Gasteiger partial charge in [-0.25, -0.2) is 13.2 Å². The minimum absolute atomic E-state index is 0.290. The number of carbonyl (C=O) groups is 1. The van der Waals surface area contributed by atoms with Crippen LogP contribution in [-0.4, -0.2) is 69.2 Å². The Balaban J connectivity index is 1.67. The van der Waals surface area contributed by atoms with Crippen LogP contribution in [0.3, 0.4) is 0 Å². The Kier molecular flexibility index (Phi) is 6.23. The number of anilines is 1. The summed E-state index contributed by atoms with van der Waals surface area (Å²) in [5.74, 6) is 0. The van der Waals surface area contributed by atoms with E-state index in [0.29, 0.717) is 50.0 Å². The van der Waals surface area contributed by atoms with E-state index in [9.17, 15) is 13.2 Å². The molecular formula is C14H21ClN4O3S. The van der Waals surface area contributed by atoms with Gasteiger partial charge >= 0.3 is 6.03 Å². The number of urea groups is 1. The fraction of sp³-hybridized carbons (Fsp3) is 0.500. The van der Waals surface area contributed by atoms with E-state index in [0.717, 1.165) is 0 Å². The monoisotopic (exact) mass is 360 g/mol. The minimum Gasteiger partial charge on any atom is -0.337 e. The Labute approximate surface area is 141 Å². The molecule has 1 aromatic carbocycles. The number of carbonyl (C=O) groups excluding carboxylic acids is 1. The first-order valence-corrected chi connectivity index (χ1v) is 9.55. The van der Waals surface area contributed by atoms with Gasteiger partial charge in [0.2, 0.25) is 10.0 Å². The largest absolute Gasteiger partial charge is 0.337 e. The molecule has 1 aliphatic rings. The summed E-state index contributed by atoms with van der Waals surface area (Å²) in [5.41, 5.74) is 0.636. The third-order valence-electron chi connectivity index (χ3n) is 3.60. The molecule has 1 aromatic rings. The van der Waals surface area contributed by atoms with Crippen LogP contribution in [0.2, 0.25) is 5.02 Å². The molecule has 23 heavy (non-hydrogen) atoms. The van der Waals surface area contributed by atoms with Gasteiger partial charge in [-0.3, -0.25) is 4.90 Å². The van der Waals surface area contributed by atoms with Crippen LogP contribution in [0, 0.1) is 0 Å². The molecule has 2 amide bonds. The summed E-state index contributed by atoms with van der Waals surface area (Å²) in [5, 5.41) is 6.04. The van der Waals surface area contributed by atoms with Crippen molar-refractivity contribution in [3.05, 3.63) is 29.3 Å². The highest BCUT2D eigenvalue weighted by atomic mass is 35.5. The normalized spacial score (nSPS) is 17.0. The molecule has 0 bridgehead atoms. The van der Waals surface area contributed by atoms with Gasteiger partial charge in [0.05, 0.1) is 6.26 Å². The van der Waals surface area contributed by atoms with Crippen LogP contribution in [0.4, 0.5) is 10.5 Å². The Morgan fingerprint density at radius 1 is 1.26 bits per heavy atom. The number of piperazine rings is 1. The average molecular weight is 361 g/mol. The van der Waals surface area contributed by atoms with Crippen molar-refractivity contribution in [1.29, 1.82) is 0 Å². The van der Waals surface area contributed by atoms with Crippen LogP contribution < -0.4 is 10.6 Å². The van der Waals surface area contributed by atoms with Gasteiger partial charge < -0.3 is 10.6 Å². The van der Waals surface area contributed by atoms with Crippen LogP contribution in [0.15, 0.2) is 24.3 Å². The van der Waals surface area contributed by atoms with Crippen molar-refractivity contribution in [3.63, 3.8) is 0 Å².